The molecule has 1 aliphatic heterocycles. The third-order valence-corrected chi connectivity index (χ3v) is 5.79. The lowest BCUT2D eigenvalue weighted by molar-refractivity contribution is -0.115. The van der Waals surface area contributed by atoms with Gasteiger partial charge in [-0.1, -0.05) is 24.3 Å². The van der Waals surface area contributed by atoms with E-state index < -0.39 is 0 Å². The number of nitrogens with one attached hydrogen (secondary N) is 1. The van der Waals surface area contributed by atoms with E-state index in [1.165, 1.54) is 23.9 Å². The number of methoxy groups -OCH3 is 1. The van der Waals surface area contributed by atoms with Gasteiger partial charge < -0.3 is 14.8 Å². The number of amidine groups is 1. The summed E-state index contributed by atoms with van der Waals surface area (Å²) in [5.41, 5.74) is 4.69. The maximum absolute atomic E-state index is 13.1. The van der Waals surface area contributed by atoms with Gasteiger partial charge >= 0.3 is 0 Å². The molecule has 0 spiro atoms. The molecule has 3 aromatic carbocycles. The van der Waals surface area contributed by atoms with Crippen molar-refractivity contribution in [3.05, 3.63) is 93.6 Å². The molecule has 1 heterocycles. The van der Waals surface area contributed by atoms with Crippen LogP contribution in [0.5, 0.6) is 11.5 Å². The van der Waals surface area contributed by atoms with E-state index in [0.717, 1.165) is 27.9 Å². The third-order valence-electron chi connectivity index (χ3n) is 4.88. The maximum Gasteiger partial charge on any atom is 0.264 e. The summed E-state index contributed by atoms with van der Waals surface area (Å²) >= 11 is 1.29. The average molecular weight is 463 g/mol. The van der Waals surface area contributed by atoms with Gasteiger partial charge in [0.1, 0.15) is 12.4 Å². The van der Waals surface area contributed by atoms with Crippen molar-refractivity contribution in [3.63, 3.8) is 0 Å². The minimum Gasteiger partial charge on any atom is -0.493 e. The van der Waals surface area contributed by atoms with E-state index in [-0.39, 0.29) is 18.3 Å². The zero-order chi connectivity index (χ0) is 23.4. The summed E-state index contributed by atoms with van der Waals surface area (Å²) in [5, 5.41) is 3.36. The summed E-state index contributed by atoms with van der Waals surface area (Å²) in [4.78, 5) is 17.6. The second kappa shape index (κ2) is 9.92. The molecule has 5 nitrogen and oxygen atoms in total. The standard InChI is InChI=1S/C26H23FN2O3S/c1-16-10-17(2)12-21(11-16)28-26-29-25(30)24(33-26)14-19-6-9-22(23(13-19)31-3)32-15-18-4-7-20(27)8-5-18/h4-14H,15H2,1-3H3,(H,28,29,30)/b24-14+. The Labute approximate surface area is 196 Å². The average Bonchev–Trinajstić information content (AvgIpc) is 3.11. The number of nitrogens with zero attached hydrogens (tertiary/aromatic N) is 1. The number of amides is 1. The molecule has 4 rings (SSSR count). The third kappa shape index (κ3) is 5.81. The van der Waals surface area contributed by atoms with Crippen LogP contribution in [-0.2, 0) is 11.4 Å². The predicted molar refractivity (Wildman–Crippen MR) is 130 cm³/mol. The van der Waals surface area contributed by atoms with Crippen LogP contribution in [0.25, 0.3) is 6.08 Å². The second-order valence-corrected chi connectivity index (χ2v) is 8.68. The Morgan fingerprint density at radius 3 is 2.42 bits per heavy atom. The fraction of sp³-hybridized carbons (Fsp3) is 0.154. The molecule has 0 bridgehead atoms. The van der Waals surface area contributed by atoms with Crippen LogP contribution in [-0.4, -0.2) is 18.2 Å². The molecular weight excluding hydrogens is 439 g/mol. The number of carbonyl (C=O) groups excluding carboxylic acids is 1. The summed E-state index contributed by atoms with van der Waals surface area (Å²) in [6.45, 7) is 4.32. The van der Waals surface area contributed by atoms with Gasteiger partial charge in [-0.3, -0.25) is 4.79 Å². The lowest BCUT2D eigenvalue weighted by atomic mass is 10.1. The molecule has 168 valence electrons. The smallest absolute Gasteiger partial charge is 0.264 e. The molecule has 33 heavy (non-hydrogen) atoms. The SMILES string of the molecule is COc1cc(/C=C2/SC(=Nc3cc(C)cc(C)c3)NC2=O)ccc1OCc1ccc(F)cc1. The summed E-state index contributed by atoms with van der Waals surface area (Å²) < 4.78 is 24.4. The maximum atomic E-state index is 13.1. The van der Waals surface area contributed by atoms with Gasteiger partial charge in [0.25, 0.3) is 5.91 Å². The van der Waals surface area contributed by atoms with Gasteiger partial charge in [0, 0.05) is 0 Å². The van der Waals surface area contributed by atoms with Crippen molar-refractivity contribution in [2.75, 3.05) is 7.11 Å². The Kier molecular flexibility index (Phi) is 6.79. The highest BCUT2D eigenvalue weighted by Crippen LogP contribution is 2.33. The van der Waals surface area contributed by atoms with Crippen molar-refractivity contribution in [1.29, 1.82) is 0 Å². The molecule has 0 unspecified atom stereocenters. The van der Waals surface area contributed by atoms with Crippen molar-refractivity contribution in [1.82, 2.24) is 5.32 Å². The number of aryl methyl sites for hydroxylation is 2. The molecule has 1 N–H and O–H groups in total. The lowest BCUT2D eigenvalue weighted by Gasteiger charge is -2.11. The van der Waals surface area contributed by atoms with Crippen molar-refractivity contribution in [3.8, 4) is 11.5 Å². The van der Waals surface area contributed by atoms with Crippen LogP contribution in [0.4, 0.5) is 10.1 Å². The summed E-state index contributed by atoms with van der Waals surface area (Å²) in [6.07, 6.45) is 1.79. The molecule has 0 aliphatic carbocycles. The van der Waals surface area contributed by atoms with Crippen LogP contribution in [0.1, 0.15) is 22.3 Å². The highest BCUT2D eigenvalue weighted by atomic mass is 32.2. The summed E-state index contributed by atoms with van der Waals surface area (Å²) in [6, 6.07) is 17.6. The van der Waals surface area contributed by atoms with Gasteiger partial charge in [0.2, 0.25) is 0 Å². The first-order valence-electron chi connectivity index (χ1n) is 10.3. The second-order valence-electron chi connectivity index (χ2n) is 7.65. The summed E-state index contributed by atoms with van der Waals surface area (Å²) in [7, 11) is 1.56. The number of hydrogen-bond donors (Lipinski definition) is 1. The number of hydrogen-bond acceptors (Lipinski definition) is 5. The fourth-order valence-corrected chi connectivity index (χ4v) is 4.24. The van der Waals surface area contributed by atoms with E-state index in [2.05, 4.69) is 16.4 Å². The first-order chi connectivity index (χ1) is 15.9. The van der Waals surface area contributed by atoms with Crippen LogP contribution in [0.15, 0.2) is 70.6 Å². The molecule has 0 atom stereocenters. The van der Waals surface area contributed by atoms with Crippen LogP contribution >= 0.6 is 11.8 Å². The minimum absolute atomic E-state index is 0.196. The van der Waals surface area contributed by atoms with E-state index >= 15 is 0 Å². The quantitative estimate of drug-likeness (QED) is 0.462. The van der Waals surface area contributed by atoms with Crippen molar-refractivity contribution < 1.29 is 18.7 Å². The molecule has 0 aromatic heterocycles. The number of ether oxygens (including phenoxy) is 2. The Balaban J connectivity index is 1.49. The Morgan fingerprint density at radius 1 is 1.00 bits per heavy atom. The first kappa shape index (κ1) is 22.6. The molecule has 1 fully saturated rings. The van der Waals surface area contributed by atoms with E-state index in [1.54, 1.807) is 37.5 Å². The molecule has 0 saturated carbocycles. The molecule has 1 saturated heterocycles. The van der Waals surface area contributed by atoms with Gasteiger partial charge in [-0.05, 0) is 90.3 Å². The lowest BCUT2D eigenvalue weighted by Crippen LogP contribution is -2.19. The van der Waals surface area contributed by atoms with Crippen LogP contribution in [0, 0.1) is 19.7 Å². The number of benzene rings is 3. The van der Waals surface area contributed by atoms with Crippen LogP contribution in [0.2, 0.25) is 0 Å². The highest BCUT2D eigenvalue weighted by Gasteiger charge is 2.24. The monoisotopic (exact) mass is 462 g/mol. The predicted octanol–water partition coefficient (Wildman–Crippen LogP) is 5.92. The Morgan fingerprint density at radius 2 is 1.73 bits per heavy atom. The zero-order valence-corrected chi connectivity index (χ0v) is 19.3. The van der Waals surface area contributed by atoms with E-state index in [0.29, 0.717) is 21.6 Å². The minimum atomic E-state index is -0.287. The summed E-state index contributed by atoms with van der Waals surface area (Å²) in [5.74, 6) is 0.618. The van der Waals surface area contributed by atoms with E-state index in [4.69, 9.17) is 9.47 Å². The van der Waals surface area contributed by atoms with E-state index in [9.17, 15) is 9.18 Å². The number of thioether (sulfide) groups is 1. The number of rotatable bonds is 6. The Bertz CT molecular complexity index is 1230. The number of carbonyl (C=O) groups is 1. The molecule has 1 amide bonds. The van der Waals surface area contributed by atoms with Gasteiger partial charge in [0.05, 0.1) is 17.7 Å². The van der Waals surface area contributed by atoms with Gasteiger partial charge in [-0.25, -0.2) is 9.38 Å². The van der Waals surface area contributed by atoms with Gasteiger partial charge in [-0.15, -0.1) is 0 Å². The largest absolute Gasteiger partial charge is 0.493 e. The topological polar surface area (TPSA) is 59.9 Å². The van der Waals surface area contributed by atoms with E-state index in [1.807, 2.05) is 32.0 Å². The number of halogens is 1. The highest BCUT2D eigenvalue weighted by molar-refractivity contribution is 8.18. The fourth-order valence-electron chi connectivity index (χ4n) is 3.40. The molecule has 3 aromatic rings. The normalized spacial score (nSPS) is 15.7. The Hall–Kier alpha value is -3.58. The molecule has 7 heteroatoms. The molecule has 0 radical (unpaired) electrons. The molecule has 1 aliphatic rings. The van der Waals surface area contributed by atoms with Crippen LogP contribution in [0.3, 0.4) is 0 Å². The van der Waals surface area contributed by atoms with Crippen molar-refractivity contribution in [2.45, 2.75) is 20.5 Å². The van der Waals surface area contributed by atoms with Crippen molar-refractivity contribution in [2.24, 2.45) is 4.99 Å². The first-order valence-corrected chi connectivity index (χ1v) is 11.1. The molecular formula is C26H23FN2O3S. The van der Waals surface area contributed by atoms with Gasteiger partial charge in [-0.2, -0.15) is 0 Å². The zero-order valence-electron chi connectivity index (χ0n) is 18.5. The van der Waals surface area contributed by atoms with Gasteiger partial charge in [0.15, 0.2) is 16.7 Å². The number of aliphatic imine (C=N–C) groups is 1. The van der Waals surface area contributed by atoms with Crippen LogP contribution < -0.4 is 14.8 Å². The van der Waals surface area contributed by atoms with Crippen molar-refractivity contribution >= 4 is 34.6 Å².